The molecule has 10 heteroatoms. The minimum Gasteiger partial charge on any atom is -0.353 e. The van der Waals surface area contributed by atoms with Crippen molar-refractivity contribution in [1.29, 1.82) is 0 Å². The lowest BCUT2D eigenvalue weighted by atomic mass is 10.1. The molecule has 0 spiro atoms. The number of rotatable bonds is 5. The van der Waals surface area contributed by atoms with Gasteiger partial charge >= 0.3 is 0 Å². The van der Waals surface area contributed by atoms with Crippen molar-refractivity contribution in [2.75, 3.05) is 23.0 Å². The van der Waals surface area contributed by atoms with E-state index < -0.39 is 0 Å². The minimum absolute atomic E-state index is 0.219. The topological polar surface area (TPSA) is 119 Å². The van der Waals surface area contributed by atoms with Gasteiger partial charge in [0.2, 0.25) is 11.9 Å². The zero-order valence-electron chi connectivity index (χ0n) is 11.7. The van der Waals surface area contributed by atoms with E-state index in [9.17, 15) is 0 Å². The van der Waals surface area contributed by atoms with E-state index in [4.69, 9.17) is 5.84 Å². The summed E-state index contributed by atoms with van der Waals surface area (Å²) in [5.74, 6) is 7.72. The molecule has 2 aromatic heterocycles. The molecule has 0 bridgehead atoms. The second kappa shape index (κ2) is 5.82. The van der Waals surface area contributed by atoms with Gasteiger partial charge < -0.3 is 5.32 Å². The predicted molar refractivity (Wildman–Crippen MR) is 81.1 cm³/mol. The van der Waals surface area contributed by atoms with Crippen LogP contribution in [0.4, 0.5) is 11.9 Å². The first kappa shape index (κ1) is 14.0. The van der Waals surface area contributed by atoms with Gasteiger partial charge in [-0.1, -0.05) is 0 Å². The average Bonchev–Trinajstić information content (AvgIpc) is 3.17. The SMILES string of the molecule is CC1(CNc2nc(NN)nc(-n3cncn3)n2)CCCS1. The van der Waals surface area contributed by atoms with Crippen LogP contribution in [0.1, 0.15) is 19.8 Å². The third-order valence-electron chi connectivity index (χ3n) is 3.30. The zero-order valence-corrected chi connectivity index (χ0v) is 12.5. The maximum atomic E-state index is 5.41. The number of hydrogen-bond donors (Lipinski definition) is 3. The van der Waals surface area contributed by atoms with Crippen molar-refractivity contribution in [1.82, 2.24) is 29.7 Å². The number of anilines is 2. The molecule has 0 saturated carbocycles. The van der Waals surface area contributed by atoms with Gasteiger partial charge in [-0.2, -0.15) is 36.5 Å². The highest BCUT2D eigenvalue weighted by atomic mass is 32.2. The molecule has 0 amide bonds. The van der Waals surface area contributed by atoms with E-state index in [0.717, 1.165) is 6.54 Å². The summed E-state index contributed by atoms with van der Waals surface area (Å²) in [7, 11) is 0. The fourth-order valence-electron chi connectivity index (χ4n) is 2.16. The third kappa shape index (κ3) is 3.22. The molecule has 0 aliphatic carbocycles. The second-order valence-electron chi connectivity index (χ2n) is 5.02. The molecule has 1 fully saturated rings. The molecule has 0 radical (unpaired) electrons. The summed E-state index contributed by atoms with van der Waals surface area (Å²) in [6.07, 6.45) is 5.38. The Hall–Kier alpha value is -1.94. The number of nitrogens with zero attached hydrogens (tertiary/aromatic N) is 6. The van der Waals surface area contributed by atoms with Crippen LogP contribution in [0.2, 0.25) is 0 Å². The van der Waals surface area contributed by atoms with Crippen LogP contribution in [0.3, 0.4) is 0 Å². The van der Waals surface area contributed by atoms with Gasteiger partial charge in [0.15, 0.2) is 0 Å². The Balaban J connectivity index is 1.79. The monoisotopic (exact) mass is 307 g/mol. The standard InChI is InChI=1S/C11H17N9S/c1-11(3-2-4-21-11)5-14-8-16-9(19-12)18-10(17-8)20-7-13-6-15-20/h6-7H,2-5,12H2,1H3,(H2,14,16,17,18,19). The number of hydrazine groups is 1. The highest BCUT2D eigenvalue weighted by molar-refractivity contribution is 8.00. The van der Waals surface area contributed by atoms with E-state index in [-0.39, 0.29) is 10.7 Å². The van der Waals surface area contributed by atoms with E-state index >= 15 is 0 Å². The van der Waals surface area contributed by atoms with E-state index in [1.807, 2.05) is 11.8 Å². The second-order valence-corrected chi connectivity index (χ2v) is 6.71. The van der Waals surface area contributed by atoms with Gasteiger partial charge in [-0.25, -0.2) is 10.8 Å². The van der Waals surface area contributed by atoms with Gasteiger partial charge in [-0.05, 0) is 25.5 Å². The van der Waals surface area contributed by atoms with Crippen molar-refractivity contribution in [3.05, 3.63) is 12.7 Å². The molecule has 112 valence electrons. The first-order valence-corrected chi connectivity index (χ1v) is 7.63. The summed E-state index contributed by atoms with van der Waals surface area (Å²) < 4.78 is 1.68. The van der Waals surface area contributed by atoms with Crippen molar-refractivity contribution < 1.29 is 0 Å². The van der Waals surface area contributed by atoms with Crippen LogP contribution in [0.15, 0.2) is 12.7 Å². The maximum Gasteiger partial charge on any atom is 0.258 e. The first-order valence-electron chi connectivity index (χ1n) is 6.64. The van der Waals surface area contributed by atoms with Gasteiger partial charge in [-0.3, -0.25) is 5.43 Å². The Kier molecular flexibility index (Phi) is 3.88. The molecule has 1 saturated heterocycles. The molecule has 4 N–H and O–H groups in total. The van der Waals surface area contributed by atoms with Crippen LogP contribution in [-0.4, -0.2) is 46.8 Å². The lowest BCUT2D eigenvalue weighted by Gasteiger charge is -2.22. The predicted octanol–water partition coefficient (Wildman–Crippen LogP) is 0.435. The largest absolute Gasteiger partial charge is 0.353 e. The van der Waals surface area contributed by atoms with Crippen molar-refractivity contribution >= 4 is 23.7 Å². The summed E-state index contributed by atoms with van der Waals surface area (Å²) in [6.45, 7) is 3.04. The molecule has 9 nitrogen and oxygen atoms in total. The lowest BCUT2D eigenvalue weighted by molar-refractivity contribution is 0.631. The number of thioether (sulfide) groups is 1. The maximum absolute atomic E-state index is 5.41. The molecule has 1 aliphatic rings. The summed E-state index contributed by atoms with van der Waals surface area (Å²) >= 11 is 1.97. The zero-order chi connectivity index (χ0) is 14.7. The molecule has 1 atom stereocenters. The van der Waals surface area contributed by atoms with Crippen LogP contribution in [-0.2, 0) is 0 Å². The van der Waals surface area contributed by atoms with Crippen LogP contribution in [0.25, 0.3) is 5.95 Å². The third-order valence-corrected chi connectivity index (χ3v) is 4.84. The fourth-order valence-corrected chi connectivity index (χ4v) is 3.41. The molecule has 3 heterocycles. The molecule has 2 aromatic rings. The Morgan fingerprint density at radius 3 is 2.90 bits per heavy atom. The lowest BCUT2D eigenvalue weighted by Crippen LogP contribution is -2.28. The van der Waals surface area contributed by atoms with E-state index in [2.05, 4.69) is 42.7 Å². The molecule has 21 heavy (non-hydrogen) atoms. The van der Waals surface area contributed by atoms with Crippen molar-refractivity contribution in [3.8, 4) is 5.95 Å². The molecule has 1 aliphatic heterocycles. The van der Waals surface area contributed by atoms with Crippen LogP contribution in [0, 0.1) is 0 Å². The Morgan fingerprint density at radius 2 is 2.24 bits per heavy atom. The molecule has 3 rings (SSSR count). The number of aromatic nitrogens is 6. The van der Waals surface area contributed by atoms with E-state index in [1.165, 1.54) is 35.9 Å². The Bertz CT molecular complexity index is 594. The Labute approximate surface area is 126 Å². The summed E-state index contributed by atoms with van der Waals surface area (Å²) in [5, 5.41) is 7.27. The van der Waals surface area contributed by atoms with Crippen LogP contribution in [0.5, 0.6) is 0 Å². The van der Waals surface area contributed by atoms with Crippen LogP contribution < -0.4 is 16.6 Å². The highest BCUT2D eigenvalue weighted by Crippen LogP contribution is 2.37. The smallest absolute Gasteiger partial charge is 0.258 e. The van der Waals surface area contributed by atoms with Crippen molar-refractivity contribution in [2.45, 2.75) is 24.5 Å². The van der Waals surface area contributed by atoms with Crippen molar-refractivity contribution in [2.24, 2.45) is 5.84 Å². The summed E-state index contributed by atoms with van der Waals surface area (Å²) in [6, 6.07) is 0. The summed E-state index contributed by atoms with van der Waals surface area (Å²) in [5.41, 5.74) is 2.44. The number of nitrogens with one attached hydrogen (secondary N) is 2. The van der Waals surface area contributed by atoms with Gasteiger partial charge in [0, 0.05) is 11.3 Å². The molecular formula is C11H17N9S. The van der Waals surface area contributed by atoms with Gasteiger partial charge in [-0.15, -0.1) is 0 Å². The van der Waals surface area contributed by atoms with E-state index in [0.29, 0.717) is 11.9 Å². The molecule has 0 aromatic carbocycles. The van der Waals surface area contributed by atoms with Gasteiger partial charge in [0.05, 0.1) is 0 Å². The van der Waals surface area contributed by atoms with Crippen LogP contribution >= 0.6 is 11.8 Å². The quantitative estimate of drug-likeness (QED) is 0.533. The van der Waals surface area contributed by atoms with Gasteiger partial charge in [0.25, 0.3) is 5.95 Å². The van der Waals surface area contributed by atoms with E-state index in [1.54, 1.807) is 0 Å². The highest BCUT2D eigenvalue weighted by Gasteiger charge is 2.29. The van der Waals surface area contributed by atoms with Crippen molar-refractivity contribution in [3.63, 3.8) is 0 Å². The van der Waals surface area contributed by atoms with Gasteiger partial charge in [0.1, 0.15) is 12.7 Å². The summed E-state index contributed by atoms with van der Waals surface area (Å²) in [4.78, 5) is 16.6. The Morgan fingerprint density at radius 1 is 1.38 bits per heavy atom. The molecule has 1 unspecified atom stereocenters. The fraction of sp³-hybridized carbons (Fsp3) is 0.545. The first-order chi connectivity index (χ1) is 10.2. The number of nitrogen functional groups attached to an aromatic ring is 1. The molecular weight excluding hydrogens is 290 g/mol. The normalized spacial score (nSPS) is 21.4. The number of hydrogen-bond acceptors (Lipinski definition) is 9. The average molecular weight is 307 g/mol. The number of nitrogens with two attached hydrogens (primary N) is 1. The minimum atomic E-state index is 0.219.